The molecule has 3 N–H and O–H groups in total. The number of hydrogen-bond donors (Lipinski definition) is 3. The van der Waals surface area contributed by atoms with E-state index in [0.717, 1.165) is 6.07 Å². The summed E-state index contributed by atoms with van der Waals surface area (Å²) < 4.78 is 59.9. The molecular formula is C6H3BF5LiO3. The Bertz CT molecular complexity index is 322. The van der Waals surface area contributed by atoms with E-state index in [1.54, 1.807) is 0 Å². The molecule has 0 radical (unpaired) electrons. The Morgan fingerprint density at radius 1 is 0.750 bits per heavy atom. The van der Waals surface area contributed by atoms with Crippen molar-refractivity contribution >= 4 is 7.32 Å². The summed E-state index contributed by atoms with van der Waals surface area (Å²) in [5, 5.41) is 21.5. The van der Waals surface area contributed by atoms with Gasteiger partial charge in [-0.05, 0) is 0 Å². The van der Waals surface area contributed by atoms with E-state index >= 15 is 0 Å². The fraction of sp³-hybridized carbons (Fsp3) is 0. The third kappa shape index (κ3) is 5.48. The molecule has 0 saturated heterocycles. The van der Waals surface area contributed by atoms with Crippen LogP contribution in [0.4, 0.5) is 22.0 Å². The molecule has 1 aromatic rings. The molecule has 3 nitrogen and oxygen atoms in total. The Labute approximate surface area is 98.9 Å². The summed E-state index contributed by atoms with van der Waals surface area (Å²) in [6.07, 6.45) is 0. The topological polar surface area (TPSA) is 60.7 Å². The van der Waals surface area contributed by atoms with Crippen LogP contribution < -0.4 is 18.9 Å². The van der Waals surface area contributed by atoms with Crippen molar-refractivity contribution in [2.45, 2.75) is 0 Å². The maximum atomic E-state index is 12.0. The SMILES string of the molecule is Fc1[c-]c(F)c(F)c(F)c1F.OB(O)O.[Li+]. The van der Waals surface area contributed by atoms with Gasteiger partial charge in [0.2, 0.25) is 0 Å². The Hall–Kier alpha value is -0.588. The van der Waals surface area contributed by atoms with Gasteiger partial charge in [0.25, 0.3) is 0 Å². The number of rotatable bonds is 0. The molecule has 0 aliphatic carbocycles. The molecule has 1 aromatic carbocycles. The van der Waals surface area contributed by atoms with Crippen LogP contribution in [-0.4, -0.2) is 22.4 Å². The van der Waals surface area contributed by atoms with Crippen LogP contribution >= 0.6 is 0 Å². The summed E-state index contributed by atoms with van der Waals surface area (Å²) in [5.74, 6) is -10.0. The second-order valence-corrected chi connectivity index (χ2v) is 2.04. The molecule has 0 bridgehead atoms. The zero-order valence-corrected chi connectivity index (χ0v) is 7.81. The van der Waals surface area contributed by atoms with E-state index in [9.17, 15) is 22.0 Å². The van der Waals surface area contributed by atoms with Gasteiger partial charge in [0.1, 0.15) is 0 Å². The molecule has 0 fully saturated rings. The fourth-order valence-corrected chi connectivity index (χ4v) is 0.495. The molecular weight excluding hydrogens is 233 g/mol. The van der Waals surface area contributed by atoms with Crippen molar-refractivity contribution in [2.24, 2.45) is 0 Å². The van der Waals surface area contributed by atoms with E-state index in [-0.39, 0.29) is 18.9 Å². The van der Waals surface area contributed by atoms with E-state index in [1.165, 1.54) is 0 Å². The van der Waals surface area contributed by atoms with Gasteiger partial charge in [-0.1, -0.05) is 0 Å². The fourth-order valence-electron chi connectivity index (χ4n) is 0.495. The van der Waals surface area contributed by atoms with Crippen molar-refractivity contribution in [1.29, 1.82) is 0 Å². The predicted octanol–water partition coefficient (Wildman–Crippen LogP) is -2.87. The summed E-state index contributed by atoms with van der Waals surface area (Å²) in [5.41, 5.74) is 0. The Balaban J connectivity index is 0. The van der Waals surface area contributed by atoms with Gasteiger partial charge in [0.05, 0.1) is 29.1 Å². The van der Waals surface area contributed by atoms with Crippen LogP contribution in [0.25, 0.3) is 0 Å². The van der Waals surface area contributed by atoms with Crippen molar-refractivity contribution in [1.82, 2.24) is 0 Å². The first-order valence-electron chi connectivity index (χ1n) is 3.22. The summed E-state index contributed by atoms with van der Waals surface area (Å²) in [6, 6.07) is 1.02. The molecule has 10 heteroatoms. The predicted molar refractivity (Wildman–Crippen MR) is 37.5 cm³/mol. The van der Waals surface area contributed by atoms with Gasteiger partial charge in [-0.15, -0.1) is 6.07 Å². The summed E-state index contributed by atoms with van der Waals surface area (Å²) in [7, 11) is -2.17. The van der Waals surface area contributed by atoms with Crippen molar-refractivity contribution < 1.29 is 55.9 Å². The van der Waals surface area contributed by atoms with E-state index in [2.05, 4.69) is 0 Å². The summed E-state index contributed by atoms with van der Waals surface area (Å²) in [6.45, 7) is 0. The number of benzene rings is 1. The minimum atomic E-state index is -2.17. The zero-order valence-electron chi connectivity index (χ0n) is 7.81. The third-order valence-corrected chi connectivity index (χ3v) is 0.990. The van der Waals surface area contributed by atoms with E-state index in [1.807, 2.05) is 0 Å². The number of halogens is 5. The van der Waals surface area contributed by atoms with Gasteiger partial charge < -0.3 is 15.1 Å². The van der Waals surface area contributed by atoms with Crippen molar-refractivity contribution in [2.75, 3.05) is 0 Å². The molecule has 0 amide bonds. The minimum Gasteiger partial charge on any atom is -0.402 e. The van der Waals surface area contributed by atoms with Gasteiger partial charge >= 0.3 is 26.2 Å². The third-order valence-electron chi connectivity index (χ3n) is 0.990. The average Bonchev–Trinajstić information content (AvgIpc) is 2.11. The van der Waals surface area contributed by atoms with Gasteiger partial charge in [0, 0.05) is 0 Å². The first-order valence-corrected chi connectivity index (χ1v) is 3.22. The number of hydrogen-bond acceptors (Lipinski definition) is 3. The molecule has 0 aliphatic heterocycles. The van der Waals surface area contributed by atoms with Crippen LogP contribution in [0, 0.1) is 35.2 Å². The first-order chi connectivity index (χ1) is 6.77. The van der Waals surface area contributed by atoms with Crippen LogP contribution in [0.5, 0.6) is 0 Å². The minimum absolute atomic E-state index is 0. The molecule has 1 rings (SSSR count). The van der Waals surface area contributed by atoms with E-state index < -0.39 is 36.4 Å². The Kier molecular flexibility index (Phi) is 8.51. The van der Waals surface area contributed by atoms with Gasteiger partial charge in [-0.25, -0.2) is 13.2 Å². The average molecular weight is 236 g/mol. The van der Waals surface area contributed by atoms with Crippen molar-refractivity contribution in [3.63, 3.8) is 0 Å². The van der Waals surface area contributed by atoms with Crippen molar-refractivity contribution in [3.8, 4) is 0 Å². The molecule has 0 aromatic heterocycles. The van der Waals surface area contributed by atoms with Crippen LogP contribution in [0.3, 0.4) is 0 Å². The van der Waals surface area contributed by atoms with Gasteiger partial charge in [0.15, 0.2) is 0 Å². The maximum absolute atomic E-state index is 12.0. The van der Waals surface area contributed by atoms with Crippen molar-refractivity contribution in [3.05, 3.63) is 35.2 Å². The summed E-state index contributed by atoms with van der Waals surface area (Å²) >= 11 is 0. The quantitative estimate of drug-likeness (QED) is 0.149. The molecule has 0 unspecified atom stereocenters. The zero-order chi connectivity index (χ0) is 12.2. The van der Waals surface area contributed by atoms with Crippen LogP contribution in [0.2, 0.25) is 0 Å². The van der Waals surface area contributed by atoms with E-state index in [4.69, 9.17) is 15.1 Å². The molecule has 0 saturated carbocycles. The Morgan fingerprint density at radius 3 is 1.25 bits per heavy atom. The summed E-state index contributed by atoms with van der Waals surface area (Å²) in [4.78, 5) is 0. The van der Waals surface area contributed by atoms with E-state index in [0.29, 0.717) is 0 Å². The molecule has 0 spiro atoms. The molecule has 16 heavy (non-hydrogen) atoms. The standard InChI is InChI=1S/C6F5.BH3O3.Li/c7-2-1-3(8)5(10)6(11)4(2)9;2-1(3)4;/h;2-4H;/q-1;;+1. The first kappa shape index (κ1) is 17.8. The second-order valence-electron chi connectivity index (χ2n) is 2.04. The maximum Gasteiger partial charge on any atom is 1.00 e. The Morgan fingerprint density at radius 2 is 1.00 bits per heavy atom. The van der Waals surface area contributed by atoms with Crippen LogP contribution in [0.15, 0.2) is 0 Å². The van der Waals surface area contributed by atoms with Gasteiger partial charge in [-0.3, -0.25) is 8.78 Å². The largest absolute Gasteiger partial charge is 1.00 e. The van der Waals surface area contributed by atoms with Crippen LogP contribution in [0.1, 0.15) is 0 Å². The smallest absolute Gasteiger partial charge is 0.402 e. The molecule has 0 heterocycles. The monoisotopic (exact) mass is 236 g/mol. The van der Waals surface area contributed by atoms with Gasteiger partial charge in [-0.2, -0.15) is 0 Å². The normalized spacial score (nSPS) is 8.75. The molecule has 0 aliphatic rings. The second kappa shape index (κ2) is 7.65. The van der Waals surface area contributed by atoms with Crippen LogP contribution in [-0.2, 0) is 0 Å². The molecule has 84 valence electrons. The molecule has 0 atom stereocenters.